The van der Waals surface area contributed by atoms with Gasteiger partial charge in [0.25, 0.3) is 0 Å². The number of hydrogen-bond acceptors (Lipinski definition) is 7. The van der Waals surface area contributed by atoms with Gasteiger partial charge in [0.1, 0.15) is 4.83 Å². The summed E-state index contributed by atoms with van der Waals surface area (Å²) >= 11 is 1.58. The molecule has 0 aliphatic rings. The first-order valence-corrected chi connectivity index (χ1v) is 9.10. The third kappa shape index (κ3) is 2.87. The molecule has 0 spiro atoms. The molecule has 0 amide bonds. The quantitative estimate of drug-likeness (QED) is 0.522. The summed E-state index contributed by atoms with van der Waals surface area (Å²) in [6, 6.07) is 5.56. The molecular formula is C19H18N4O3S. The first-order chi connectivity index (χ1) is 13.2. The second-order valence-corrected chi connectivity index (χ2v) is 6.69. The highest BCUT2D eigenvalue weighted by Gasteiger charge is 2.19. The molecule has 3 aromatic heterocycles. The molecule has 1 aromatic carbocycles. The summed E-state index contributed by atoms with van der Waals surface area (Å²) < 4.78 is 18.1. The summed E-state index contributed by atoms with van der Waals surface area (Å²) in [4.78, 5) is 10.5. The van der Waals surface area contributed by atoms with Crippen molar-refractivity contribution < 1.29 is 14.2 Å². The van der Waals surface area contributed by atoms with Crippen LogP contribution in [-0.4, -0.2) is 41.1 Å². The molecule has 0 radical (unpaired) electrons. The van der Waals surface area contributed by atoms with E-state index in [-0.39, 0.29) is 0 Å². The number of fused-ring (bicyclic) bond motifs is 1. The van der Waals surface area contributed by atoms with E-state index in [9.17, 15) is 0 Å². The molecule has 27 heavy (non-hydrogen) atoms. The van der Waals surface area contributed by atoms with E-state index in [4.69, 9.17) is 24.2 Å². The summed E-state index contributed by atoms with van der Waals surface area (Å²) in [5.74, 6) is 2.95. The highest BCUT2D eigenvalue weighted by Crippen LogP contribution is 2.41. The Morgan fingerprint density at radius 2 is 1.74 bits per heavy atom. The van der Waals surface area contributed by atoms with Crippen molar-refractivity contribution >= 4 is 21.6 Å². The molecule has 4 aromatic rings. The SMILES string of the molecule is COc1cc(-c2nc(-n3cccn3)c3c(C)csc3n2)cc(OC)c1OC. The molecule has 0 fully saturated rings. The molecule has 0 saturated carbocycles. The van der Waals surface area contributed by atoms with Crippen molar-refractivity contribution in [2.45, 2.75) is 6.92 Å². The maximum Gasteiger partial charge on any atom is 0.203 e. The number of methoxy groups -OCH3 is 3. The van der Waals surface area contributed by atoms with Gasteiger partial charge in [0.05, 0.1) is 26.7 Å². The molecule has 3 heterocycles. The number of aryl methyl sites for hydroxylation is 1. The van der Waals surface area contributed by atoms with Crippen molar-refractivity contribution in [1.29, 1.82) is 0 Å². The summed E-state index contributed by atoms with van der Waals surface area (Å²) in [7, 11) is 4.75. The Balaban J connectivity index is 1.98. The molecule has 8 heteroatoms. The number of hydrogen-bond donors (Lipinski definition) is 0. The second kappa shape index (κ2) is 6.88. The van der Waals surface area contributed by atoms with Gasteiger partial charge < -0.3 is 14.2 Å². The smallest absolute Gasteiger partial charge is 0.203 e. The number of rotatable bonds is 5. The maximum absolute atomic E-state index is 5.46. The van der Waals surface area contributed by atoms with Crippen LogP contribution >= 0.6 is 11.3 Å². The van der Waals surface area contributed by atoms with Crippen LogP contribution in [0.3, 0.4) is 0 Å². The van der Waals surface area contributed by atoms with Crippen molar-refractivity contribution in [3.8, 4) is 34.5 Å². The van der Waals surface area contributed by atoms with Crippen LogP contribution in [0.4, 0.5) is 0 Å². The Hall–Kier alpha value is -3.13. The fourth-order valence-corrected chi connectivity index (χ4v) is 3.88. The van der Waals surface area contributed by atoms with Crippen LogP contribution in [-0.2, 0) is 0 Å². The zero-order valence-corrected chi connectivity index (χ0v) is 16.2. The van der Waals surface area contributed by atoms with Crippen molar-refractivity contribution in [3.05, 3.63) is 41.5 Å². The summed E-state index contributed by atoms with van der Waals surface area (Å²) in [5.41, 5.74) is 1.89. The lowest BCUT2D eigenvalue weighted by molar-refractivity contribution is 0.324. The molecule has 0 atom stereocenters. The number of ether oxygens (including phenoxy) is 3. The number of nitrogens with zero attached hydrogens (tertiary/aromatic N) is 4. The molecule has 7 nitrogen and oxygen atoms in total. The minimum atomic E-state index is 0.532. The Labute approximate surface area is 160 Å². The van der Waals surface area contributed by atoms with E-state index in [1.165, 1.54) is 0 Å². The lowest BCUT2D eigenvalue weighted by Crippen LogP contribution is -2.03. The molecule has 0 aliphatic carbocycles. The average Bonchev–Trinajstić information content (AvgIpc) is 3.36. The van der Waals surface area contributed by atoms with Gasteiger partial charge in [0.2, 0.25) is 5.75 Å². The average molecular weight is 382 g/mol. The van der Waals surface area contributed by atoms with Gasteiger partial charge in [-0.1, -0.05) is 0 Å². The van der Waals surface area contributed by atoms with E-state index in [0.29, 0.717) is 23.1 Å². The monoisotopic (exact) mass is 382 g/mol. The standard InChI is InChI=1S/C19H18N4O3S/c1-11-10-27-19-15(11)18(23-7-5-6-20-23)21-17(22-19)12-8-13(24-2)16(26-4)14(9-12)25-3/h5-10H,1-4H3. The summed E-state index contributed by atoms with van der Waals surface area (Å²) in [6.07, 6.45) is 3.60. The highest BCUT2D eigenvalue weighted by atomic mass is 32.1. The van der Waals surface area contributed by atoms with Crippen molar-refractivity contribution in [3.63, 3.8) is 0 Å². The van der Waals surface area contributed by atoms with Crippen molar-refractivity contribution in [2.75, 3.05) is 21.3 Å². The van der Waals surface area contributed by atoms with Gasteiger partial charge in [-0.25, -0.2) is 14.6 Å². The predicted octanol–water partition coefficient (Wildman–Crippen LogP) is 3.88. The Kier molecular flexibility index (Phi) is 4.41. The Morgan fingerprint density at radius 1 is 1.00 bits per heavy atom. The van der Waals surface area contributed by atoms with Gasteiger partial charge in [-0.2, -0.15) is 5.10 Å². The van der Waals surface area contributed by atoms with Crippen LogP contribution in [0.15, 0.2) is 36.0 Å². The first-order valence-electron chi connectivity index (χ1n) is 8.22. The van der Waals surface area contributed by atoms with Gasteiger partial charge >= 0.3 is 0 Å². The largest absolute Gasteiger partial charge is 0.493 e. The van der Waals surface area contributed by atoms with Gasteiger partial charge in [0, 0.05) is 18.0 Å². The van der Waals surface area contributed by atoms with Crippen LogP contribution in [0, 0.1) is 6.92 Å². The molecule has 138 valence electrons. The third-order valence-electron chi connectivity index (χ3n) is 4.24. The van der Waals surface area contributed by atoms with E-state index in [2.05, 4.69) is 10.5 Å². The zero-order chi connectivity index (χ0) is 19.0. The summed E-state index contributed by atoms with van der Waals surface area (Å²) in [6.45, 7) is 2.05. The zero-order valence-electron chi connectivity index (χ0n) is 15.4. The van der Waals surface area contributed by atoms with Crippen LogP contribution in [0.1, 0.15) is 5.56 Å². The van der Waals surface area contributed by atoms with Gasteiger partial charge in [-0.15, -0.1) is 11.3 Å². The molecule has 0 bridgehead atoms. The molecular weight excluding hydrogens is 364 g/mol. The van der Waals surface area contributed by atoms with Crippen LogP contribution in [0.2, 0.25) is 0 Å². The van der Waals surface area contributed by atoms with Crippen LogP contribution in [0.5, 0.6) is 17.2 Å². The predicted molar refractivity (Wildman–Crippen MR) is 104 cm³/mol. The van der Waals surface area contributed by atoms with Crippen molar-refractivity contribution in [1.82, 2.24) is 19.7 Å². The number of benzene rings is 1. The normalized spacial score (nSPS) is 11.0. The molecule has 4 rings (SSSR count). The van der Waals surface area contributed by atoms with Crippen LogP contribution in [0.25, 0.3) is 27.4 Å². The molecule has 0 saturated heterocycles. The highest BCUT2D eigenvalue weighted by molar-refractivity contribution is 7.17. The lowest BCUT2D eigenvalue weighted by Gasteiger charge is -2.14. The van der Waals surface area contributed by atoms with Gasteiger partial charge in [-0.3, -0.25) is 0 Å². The summed E-state index contributed by atoms with van der Waals surface area (Å²) in [5, 5.41) is 7.42. The van der Waals surface area contributed by atoms with E-state index < -0.39 is 0 Å². The fourth-order valence-electron chi connectivity index (χ4n) is 2.96. The number of thiophene rings is 1. The van der Waals surface area contributed by atoms with Crippen LogP contribution < -0.4 is 14.2 Å². The van der Waals surface area contributed by atoms with Gasteiger partial charge in [0.15, 0.2) is 23.1 Å². The molecule has 0 unspecified atom stereocenters. The first kappa shape index (κ1) is 17.3. The Bertz CT molecular complexity index is 1080. The van der Waals surface area contributed by atoms with E-state index >= 15 is 0 Å². The minimum absolute atomic E-state index is 0.532. The van der Waals surface area contributed by atoms with E-state index in [1.54, 1.807) is 43.5 Å². The van der Waals surface area contributed by atoms with Crippen molar-refractivity contribution in [2.24, 2.45) is 0 Å². The van der Waals surface area contributed by atoms with E-state index in [0.717, 1.165) is 27.2 Å². The Morgan fingerprint density at radius 3 is 2.33 bits per heavy atom. The lowest BCUT2D eigenvalue weighted by atomic mass is 10.1. The number of aromatic nitrogens is 4. The molecule has 0 N–H and O–H groups in total. The minimum Gasteiger partial charge on any atom is -0.493 e. The third-order valence-corrected chi connectivity index (χ3v) is 5.23. The second-order valence-electron chi connectivity index (χ2n) is 5.83. The molecule has 0 aliphatic heterocycles. The van der Waals surface area contributed by atoms with E-state index in [1.807, 2.05) is 31.3 Å². The topological polar surface area (TPSA) is 71.3 Å². The van der Waals surface area contributed by atoms with Gasteiger partial charge in [-0.05, 0) is 36.1 Å². The fraction of sp³-hybridized carbons (Fsp3) is 0.211. The maximum atomic E-state index is 5.46.